The number of carbonyl (C=O) groups excluding carboxylic acids is 2. The number of nitrogens with zero attached hydrogens (tertiary/aromatic N) is 1. The predicted molar refractivity (Wildman–Crippen MR) is 74.0 cm³/mol. The van der Waals surface area contributed by atoms with Gasteiger partial charge in [0.05, 0.1) is 5.92 Å². The van der Waals surface area contributed by atoms with Crippen LogP contribution in [0.2, 0.25) is 0 Å². The SMILES string of the molecule is CC(=O)NCC1CCN(C(=O)C(C)C(C)C(=O)O)CC1. The molecule has 1 heterocycles. The van der Waals surface area contributed by atoms with Crippen LogP contribution in [0.15, 0.2) is 0 Å². The highest BCUT2D eigenvalue weighted by Gasteiger charge is 2.31. The molecule has 20 heavy (non-hydrogen) atoms. The average molecular weight is 284 g/mol. The highest BCUT2D eigenvalue weighted by Crippen LogP contribution is 2.21. The molecule has 0 aromatic carbocycles. The number of carboxylic acid groups (broad SMARTS) is 1. The molecule has 0 aromatic rings. The molecule has 2 atom stereocenters. The minimum Gasteiger partial charge on any atom is -0.481 e. The van der Waals surface area contributed by atoms with Gasteiger partial charge in [0.15, 0.2) is 0 Å². The van der Waals surface area contributed by atoms with Crippen LogP contribution in [0.1, 0.15) is 33.6 Å². The first-order chi connectivity index (χ1) is 9.32. The Morgan fingerprint density at radius 2 is 1.75 bits per heavy atom. The lowest BCUT2D eigenvalue weighted by Crippen LogP contribution is -2.45. The fourth-order valence-corrected chi connectivity index (χ4v) is 2.36. The van der Waals surface area contributed by atoms with E-state index >= 15 is 0 Å². The number of carbonyl (C=O) groups is 3. The number of hydrogen-bond acceptors (Lipinski definition) is 3. The van der Waals surface area contributed by atoms with Crippen LogP contribution < -0.4 is 5.32 Å². The summed E-state index contributed by atoms with van der Waals surface area (Å²) in [4.78, 5) is 35.7. The number of piperidine rings is 1. The Bertz CT molecular complexity index is 375. The largest absolute Gasteiger partial charge is 0.481 e. The van der Waals surface area contributed by atoms with Crippen LogP contribution >= 0.6 is 0 Å². The summed E-state index contributed by atoms with van der Waals surface area (Å²) < 4.78 is 0. The predicted octanol–water partition coefficient (Wildman–Crippen LogP) is 0.718. The van der Waals surface area contributed by atoms with Gasteiger partial charge in [0.2, 0.25) is 11.8 Å². The number of amides is 2. The van der Waals surface area contributed by atoms with Gasteiger partial charge in [-0.25, -0.2) is 0 Å². The summed E-state index contributed by atoms with van der Waals surface area (Å²) in [7, 11) is 0. The van der Waals surface area contributed by atoms with E-state index in [1.54, 1.807) is 18.7 Å². The molecule has 0 spiro atoms. The van der Waals surface area contributed by atoms with E-state index in [1.807, 2.05) is 0 Å². The maximum atomic E-state index is 12.2. The molecule has 0 aromatic heterocycles. The molecule has 6 heteroatoms. The molecule has 1 rings (SSSR count). The van der Waals surface area contributed by atoms with E-state index in [-0.39, 0.29) is 11.8 Å². The summed E-state index contributed by atoms with van der Waals surface area (Å²) in [5.41, 5.74) is 0. The Morgan fingerprint density at radius 1 is 1.20 bits per heavy atom. The molecule has 6 nitrogen and oxygen atoms in total. The van der Waals surface area contributed by atoms with Crippen molar-refractivity contribution in [2.45, 2.75) is 33.6 Å². The first-order valence-electron chi connectivity index (χ1n) is 7.09. The zero-order valence-electron chi connectivity index (χ0n) is 12.4. The van der Waals surface area contributed by atoms with E-state index in [1.165, 1.54) is 6.92 Å². The van der Waals surface area contributed by atoms with E-state index < -0.39 is 17.8 Å². The molecular formula is C14H24N2O4. The second-order valence-corrected chi connectivity index (χ2v) is 5.62. The van der Waals surface area contributed by atoms with Gasteiger partial charge in [-0.1, -0.05) is 13.8 Å². The molecule has 1 aliphatic rings. The van der Waals surface area contributed by atoms with Gasteiger partial charge in [-0.3, -0.25) is 14.4 Å². The number of aliphatic carboxylic acids is 1. The monoisotopic (exact) mass is 284 g/mol. The highest BCUT2D eigenvalue weighted by atomic mass is 16.4. The maximum Gasteiger partial charge on any atom is 0.307 e. The molecule has 0 bridgehead atoms. The molecule has 2 N–H and O–H groups in total. The van der Waals surface area contributed by atoms with Crippen molar-refractivity contribution in [3.05, 3.63) is 0 Å². The maximum absolute atomic E-state index is 12.2. The normalized spacial score (nSPS) is 19.2. The molecule has 2 unspecified atom stereocenters. The molecule has 0 saturated carbocycles. The van der Waals surface area contributed by atoms with E-state index in [4.69, 9.17) is 5.11 Å². The number of nitrogens with one attached hydrogen (secondary N) is 1. The molecule has 0 radical (unpaired) electrons. The summed E-state index contributed by atoms with van der Waals surface area (Å²) in [6, 6.07) is 0. The van der Waals surface area contributed by atoms with E-state index in [0.717, 1.165) is 12.8 Å². The molecule has 1 fully saturated rings. The lowest BCUT2D eigenvalue weighted by molar-refractivity contribution is -0.149. The fraction of sp³-hybridized carbons (Fsp3) is 0.786. The van der Waals surface area contributed by atoms with Crippen LogP contribution in [0, 0.1) is 17.8 Å². The van der Waals surface area contributed by atoms with Crippen LogP contribution in [-0.4, -0.2) is 47.4 Å². The third kappa shape index (κ3) is 4.51. The summed E-state index contributed by atoms with van der Waals surface area (Å²) in [6.45, 7) is 6.66. The minimum atomic E-state index is -0.939. The topological polar surface area (TPSA) is 86.7 Å². The van der Waals surface area contributed by atoms with Crippen LogP contribution in [0.3, 0.4) is 0 Å². The standard InChI is InChI=1S/C14H24N2O4/c1-9(10(2)14(19)20)13(18)16-6-4-12(5-7-16)8-15-11(3)17/h9-10,12H,4-8H2,1-3H3,(H,15,17)(H,19,20). The zero-order valence-corrected chi connectivity index (χ0v) is 12.4. The van der Waals surface area contributed by atoms with Gasteiger partial charge in [-0.05, 0) is 18.8 Å². The zero-order chi connectivity index (χ0) is 15.3. The van der Waals surface area contributed by atoms with Crippen LogP contribution in [-0.2, 0) is 14.4 Å². The Balaban J connectivity index is 2.42. The van der Waals surface area contributed by atoms with Crippen molar-refractivity contribution in [3.8, 4) is 0 Å². The third-order valence-corrected chi connectivity index (χ3v) is 4.09. The Hall–Kier alpha value is -1.59. The quantitative estimate of drug-likeness (QED) is 0.778. The molecule has 114 valence electrons. The number of likely N-dealkylation sites (tertiary alicyclic amines) is 1. The molecular weight excluding hydrogens is 260 g/mol. The van der Waals surface area contributed by atoms with E-state index in [9.17, 15) is 14.4 Å². The van der Waals surface area contributed by atoms with Crippen molar-refractivity contribution < 1.29 is 19.5 Å². The van der Waals surface area contributed by atoms with Gasteiger partial charge in [-0.2, -0.15) is 0 Å². The number of hydrogen-bond donors (Lipinski definition) is 2. The van der Waals surface area contributed by atoms with Crippen molar-refractivity contribution in [1.82, 2.24) is 10.2 Å². The van der Waals surface area contributed by atoms with Crippen molar-refractivity contribution in [2.24, 2.45) is 17.8 Å². The average Bonchev–Trinajstić information content (AvgIpc) is 2.43. The first-order valence-corrected chi connectivity index (χ1v) is 7.09. The fourth-order valence-electron chi connectivity index (χ4n) is 2.36. The lowest BCUT2D eigenvalue weighted by atomic mass is 9.92. The van der Waals surface area contributed by atoms with E-state index in [0.29, 0.717) is 25.6 Å². The number of carboxylic acids is 1. The van der Waals surface area contributed by atoms with Crippen molar-refractivity contribution >= 4 is 17.8 Å². The van der Waals surface area contributed by atoms with Crippen molar-refractivity contribution in [3.63, 3.8) is 0 Å². The van der Waals surface area contributed by atoms with Crippen LogP contribution in [0.25, 0.3) is 0 Å². The van der Waals surface area contributed by atoms with Crippen LogP contribution in [0.5, 0.6) is 0 Å². The van der Waals surface area contributed by atoms with Gasteiger partial charge < -0.3 is 15.3 Å². The van der Waals surface area contributed by atoms with Gasteiger partial charge in [0.1, 0.15) is 0 Å². The second kappa shape index (κ2) is 7.26. The Labute approximate surface area is 119 Å². The minimum absolute atomic E-state index is 0.0348. The Morgan fingerprint density at radius 3 is 2.20 bits per heavy atom. The molecule has 0 aliphatic carbocycles. The van der Waals surface area contributed by atoms with Gasteiger partial charge in [0.25, 0.3) is 0 Å². The summed E-state index contributed by atoms with van der Waals surface area (Å²) in [5, 5.41) is 11.7. The lowest BCUT2D eigenvalue weighted by Gasteiger charge is -2.34. The van der Waals surface area contributed by atoms with Gasteiger partial charge in [0, 0.05) is 32.5 Å². The summed E-state index contributed by atoms with van der Waals surface area (Å²) >= 11 is 0. The first kappa shape index (κ1) is 16.5. The van der Waals surface area contributed by atoms with Gasteiger partial charge in [-0.15, -0.1) is 0 Å². The van der Waals surface area contributed by atoms with Crippen molar-refractivity contribution in [2.75, 3.05) is 19.6 Å². The van der Waals surface area contributed by atoms with Crippen LogP contribution in [0.4, 0.5) is 0 Å². The van der Waals surface area contributed by atoms with Gasteiger partial charge >= 0.3 is 5.97 Å². The smallest absolute Gasteiger partial charge is 0.307 e. The summed E-state index contributed by atoms with van der Waals surface area (Å²) in [6.07, 6.45) is 1.69. The second-order valence-electron chi connectivity index (χ2n) is 5.62. The summed E-state index contributed by atoms with van der Waals surface area (Å²) in [5.74, 6) is -1.83. The third-order valence-electron chi connectivity index (χ3n) is 4.09. The molecule has 1 aliphatic heterocycles. The van der Waals surface area contributed by atoms with Crippen molar-refractivity contribution in [1.29, 1.82) is 0 Å². The number of rotatable bonds is 5. The Kier molecular flexibility index (Phi) is 5.98. The molecule has 1 saturated heterocycles. The van der Waals surface area contributed by atoms with E-state index in [2.05, 4.69) is 5.32 Å². The highest BCUT2D eigenvalue weighted by molar-refractivity contribution is 5.84. The molecule has 2 amide bonds.